The van der Waals surface area contributed by atoms with Gasteiger partial charge in [-0.15, -0.1) is 0 Å². The molecule has 1 amide bonds. The van der Waals surface area contributed by atoms with Crippen LogP contribution in [0.2, 0.25) is 0 Å². The van der Waals surface area contributed by atoms with Crippen LogP contribution in [0.4, 0.5) is 5.69 Å². The van der Waals surface area contributed by atoms with Crippen LogP contribution in [0.25, 0.3) is 0 Å². The molecule has 0 atom stereocenters. The standard InChI is InChI=1S/C15H15BrN2O2/c16-12-3-1-4-14(11-12)20-10-2-5-15(19)18-13-6-8-17-9-7-13/h1,3-4,6-9,11H,2,5,10H2,(H,17,18,19). The largest absolute Gasteiger partial charge is 0.494 e. The number of hydrogen-bond acceptors (Lipinski definition) is 3. The lowest BCUT2D eigenvalue weighted by atomic mass is 10.3. The molecular formula is C15H15BrN2O2. The van der Waals surface area contributed by atoms with Gasteiger partial charge in [-0.2, -0.15) is 0 Å². The minimum absolute atomic E-state index is 0.0194. The Morgan fingerprint density at radius 3 is 2.80 bits per heavy atom. The first-order valence-electron chi connectivity index (χ1n) is 6.32. The SMILES string of the molecule is O=C(CCCOc1cccc(Br)c1)Nc1ccncc1. The second kappa shape index (κ2) is 7.65. The summed E-state index contributed by atoms with van der Waals surface area (Å²) in [6.07, 6.45) is 4.39. The van der Waals surface area contributed by atoms with Crippen molar-refractivity contribution in [1.82, 2.24) is 4.98 Å². The van der Waals surface area contributed by atoms with Gasteiger partial charge >= 0.3 is 0 Å². The van der Waals surface area contributed by atoms with Crippen LogP contribution in [0, 0.1) is 0 Å². The van der Waals surface area contributed by atoms with Gasteiger partial charge in [0.25, 0.3) is 0 Å². The van der Waals surface area contributed by atoms with Gasteiger partial charge in [0, 0.05) is 29.0 Å². The Morgan fingerprint density at radius 2 is 2.05 bits per heavy atom. The zero-order chi connectivity index (χ0) is 14.2. The molecule has 0 bridgehead atoms. The fourth-order valence-electron chi connectivity index (χ4n) is 1.64. The Kier molecular flexibility index (Phi) is 5.55. The third-order valence-corrected chi connectivity index (χ3v) is 3.07. The summed E-state index contributed by atoms with van der Waals surface area (Å²) in [6, 6.07) is 11.2. The summed E-state index contributed by atoms with van der Waals surface area (Å²) in [7, 11) is 0. The molecule has 0 fully saturated rings. The van der Waals surface area contributed by atoms with Crippen molar-refractivity contribution >= 4 is 27.5 Å². The maximum atomic E-state index is 11.7. The van der Waals surface area contributed by atoms with Gasteiger partial charge in [0.1, 0.15) is 5.75 Å². The van der Waals surface area contributed by atoms with Gasteiger partial charge in [-0.25, -0.2) is 0 Å². The molecule has 0 saturated heterocycles. The molecule has 0 radical (unpaired) electrons. The van der Waals surface area contributed by atoms with Crippen molar-refractivity contribution in [2.24, 2.45) is 0 Å². The van der Waals surface area contributed by atoms with Crippen molar-refractivity contribution in [3.05, 3.63) is 53.3 Å². The Morgan fingerprint density at radius 1 is 1.25 bits per heavy atom. The second-order valence-corrected chi connectivity index (χ2v) is 5.11. The molecule has 0 aliphatic heterocycles. The number of pyridine rings is 1. The number of benzene rings is 1. The summed E-state index contributed by atoms with van der Waals surface area (Å²) in [5, 5.41) is 2.81. The van der Waals surface area contributed by atoms with E-state index in [4.69, 9.17) is 4.74 Å². The van der Waals surface area contributed by atoms with Crippen molar-refractivity contribution in [2.75, 3.05) is 11.9 Å². The zero-order valence-electron chi connectivity index (χ0n) is 10.9. The van der Waals surface area contributed by atoms with Gasteiger partial charge in [0.2, 0.25) is 5.91 Å². The van der Waals surface area contributed by atoms with Crippen LogP contribution in [-0.4, -0.2) is 17.5 Å². The maximum Gasteiger partial charge on any atom is 0.224 e. The average molecular weight is 335 g/mol. The summed E-state index contributed by atoms with van der Waals surface area (Å²) in [5.41, 5.74) is 0.762. The monoisotopic (exact) mass is 334 g/mol. The third-order valence-electron chi connectivity index (χ3n) is 2.58. The number of nitrogens with one attached hydrogen (secondary N) is 1. The molecule has 0 aliphatic carbocycles. The van der Waals surface area contributed by atoms with Gasteiger partial charge < -0.3 is 10.1 Å². The Hall–Kier alpha value is -1.88. The molecule has 0 spiro atoms. The molecule has 2 rings (SSSR count). The van der Waals surface area contributed by atoms with Gasteiger partial charge in [0.05, 0.1) is 6.61 Å². The molecule has 1 heterocycles. The van der Waals surface area contributed by atoms with Crippen molar-refractivity contribution in [3.8, 4) is 5.75 Å². The average Bonchev–Trinajstić information content (AvgIpc) is 2.45. The van der Waals surface area contributed by atoms with Crippen molar-refractivity contribution in [2.45, 2.75) is 12.8 Å². The van der Waals surface area contributed by atoms with Crippen molar-refractivity contribution in [1.29, 1.82) is 0 Å². The number of hydrogen-bond donors (Lipinski definition) is 1. The third kappa shape index (κ3) is 5.01. The quantitative estimate of drug-likeness (QED) is 0.820. The first kappa shape index (κ1) is 14.5. The Labute approximate surface area is 126 Å². The molecule has 0 unspecified atom stereocenters. The van der Waals surface area contributed by atoms with E-state index < -0.39 is 0 Å². The molecule has 2 aromatic rings. The number of anilines is 1. The van der Waals surface area contributed by atoms with E-state index in [-0.39, 0.29) is 5.91 Å². The minimum atomic E-state index is -0.0194. The van der Waals surface area contributed by atoms with Crippen LogP contribution in [0.5, 0.6) is 5.75 Å². The van der Waals surface area contributed by atoms with E-state index in [1.807, 2.05) is 24.3 Å². The number of ether oxygens (including phenoxy) is 1. The topological polar surface area (TPSA) is 51.2 Å². The number of carbonyl (C=O) groups is 1. The number of rotatable bonds is 6. The highest BCUT2D eigenvalue weighted by atomic mass is 79.9. The highest BCUT2D eigenvalue weighted by Crippen LogP contribution is 2.17. The fraction of sp³-hybridized carbons (Fsp3) is 0.200. The second-order valence-electron chi connectivity index (χ2n) is 4.19. The number of nitrogens with zero attached hydrogens (tertiary/aromatic N) is 1. The first-order valence-corrected chi connectivity index (χ1v) is 7.11. The summed E-state index contributed by atoms with van der Waals surface area (Å²) in [4.78, 5) is 15.6. The van der Waals surface area contributed by atoms with E-state index in [9.17, 15) is 4.79 Å². The molecule has 0 aliphatic rings. The lowest BCUT2D eigenvalue weighted by Gasteiger charge is -2.07. The van der Waals surface area contributed by atoms with E-state index in [1.54, 1.807) is 24.5 Å². The number of halogens is 1. The first-order chi connectivity index (χ1) is 9.74. The molecular weight excluding hydrogens is 320 g/mol. The van der Waals surface area contributed by atoms with Crippen LogP contribution < -0.4 is 10.1 Å². The van der Waals surface area contributed by atoms with Gasteiger partial charge in [0.15, 0.2) is 0 Å². The van der Waals surface area contributed by atoms with Crippen LogP contribution in [0.3, 0.4) is 0 Å². The van der Waals surface area contributed by atoms with E-state index in [1.165, 1.54) is 0 Å². The Bertz CT molecular complexity index is 561. The molecule has 1 aromatic carbocycles. The molecule has 4 nitrogen and oxygen atoms in total. The Balaban J connectivity index is 1.67. The highest BCUT2D eigenvalue weighted by Gasteiger charge is 2.02. The fourth-order valence-corrected chi connectivity index (χ4v) is 2.02. The van der Waals surface area contributed by atoms with Gasteiger partial charge in [-0.1, -0.05) is 22.0 Å². The van der Waals surface area contributed by atoms with Gasteiger partial charge in [-0.05, 0) is 36.8 Å². The molecule has 104 valence electrons. The molecule has 1 aromatic heterocycles. The summed E-state index contributed by atoms with van der Waals surface area (Å²) >= 11 is 3.38. The van der Waals surface area contributed by atoms with E-state index in [0.717, 1.165) is 15.9 Å². The lowest BCUT2D eigenvalue weighted by Crippen LogP contribution is -2.12. The molecule has 1 N–H and O–H groups in total. The summed E-state index contributed by atoms with van der Waals surface area (Å²) < 4.78 is 6.54. The predicted octanol–water partition coefficient (Wildman–Crippen LogP) is 3.64. The molecule has 0 saturated carbocycles. The maximum absolute atomic E-state index is 11.7. The van der Waals surface area contributed by atoms with Crippen molar-refractivity contribution in [3.63, 3.8) is 0 Å². The van der Waals surface area contributed by atoms with E-state index >= 15 is 0 Å². The lowest BCUT2D eigenvalue weighted by molar-refractivity contribution is -0.116. The summed E-state index contributed by atoms with van der Waals surface area (Å²) in [6.45, 7) is 0.514. The minimum Gasteiger partial charge on any atom is -0.494 e. The zero-order valence-corrected chi connectivity index (χ0v) is 12.5. The van der Waals surface area contributed by atoms with E-state index in [0.29, 0.717) is 19.4 Å². The molecule has 5 heteroatoms. The number of amides is 1. The number of carbonyl (C=O) groups excluding carboxylic acids is 1. The van der Waals surface area contributed by atoms with Gasteiger partial charge in [-0.3, -0.25) is 9.78 Å². The van der Waals surface area contributed by atoms with Crippen molar-refractivity contribution < 1.29 is 9.53 Å². The normalized spacial score (nSPS) is 10.1. The highest BCUT2D eigenvalue weighted by molar-refractivity contribution is 9.10. The smallest absolute Gasteiger partial charge is 0.224 e. The predicted molar refractivity (Wildman–Crippen MR) is 81.7 cm³/mol. The van der Waals surface area contributed by atoms with Crippen LogP contribution in [0.1, 0.15) is 12.8 Å². The summed E-state index contributed by atoms with van der Waals surface area (Å²) in [5.74, 6) is 0.781. The van der Waals surface area contributed by atoms with E-state index in [2.05, 4.69) is 26.2 Å². The van der Waals surface area contributed by atoms with Crippen LogP contribution in [0.15, 0.2) is 53.3 Å². The van der Waals surface area contributed by atoms with Crippen LogP contribution >= 0.6 is 15.9 Å². The number of aromatic nitrogens is 1. The molecule has 20 heavy (non-hydrogen) atoms. The van der Waals surface area contributed by atoms with Crippen LogP contribution in [-0.2, 0) is 4.79 Å².